The van der Waals surface area contributed by atoms with E-state index < -0.39 is 28.2 Å². The number of nitrogens with zero attached hydrogens (tertiary/aromatic N) is 2. The summed E-state index contributed by atoms with van der Waals surface area (Å²) in [4.78, 5) is 50.4. The van der Waals surface area contributed by atoms with Crippen LogP contribution in [-0.4, -0.2) is 65.6 Å². The first-order chi connectivity index (χ1) is 17.8. The van der Waals surface area contributed by atoms with Gasteiger partial charge in [0, 0.05) is 25.0 Å². The largest absolute Gasteiger partial charge is 0.497 e. The van der Waals surface area contributed by atoms with Crippen LogP contribution < -0.4 is 10.1 Å². The van der Waals surface area contributed by atoms with E-state index in [0.717, 1.165) is 5.56 Å². The molecule has 37 heavy (non-hydrogen) atoms. The Labute approximate surface area is 216 Å². The molecule has 1 fully saturated rings. The number of amides is 2. The number of non-ortho nitro benzene ring substituents is 1. The number of esters is 1. The van der Waals surface area contributed by atoms with Crippen LogP contribution in [0.1, 0.15) is 11.1 Å². The van der Waals surface area contributed by atoms with Crippen LogP contribution in [-0.2, 0) is 36.9 Å². The summed E-state index contributed by atoms with van der Waals surface area (Å²) >= 11 is 1.43. The number of methoxy groups -OCH3 is 2. The van der Waals surface area contributed by atoms with Crippen molar-refractivity contribution in [2.45, 2.75) is 24.4 Å². The van der Waals surface area contributed by atoms with Gasteiger partial charge in [-0.25, -0.2) is 4.79 Å². The fraction of sp³-hybridized carbons (Fsp3) is 0.320. The smallest absolute Gasteiger partial charge is 0.355 e. The number of hydrogen-bond acceptors (Lipinski definition) is 9. The molecular weight excluding hydrogens is 502 g/mol. The quantitative estimate of drug-likeness (QED) is 0.213. The average Bonchev–Trinajstić information content (AvgIpc) is 2.91. The average molecular weight is 528 g/mol. The van der Waals surface area contributed by atoms with Gasteiger partial charge in [0.15, 0.2) is 0 Å². The third-order valence-electron chi connectivity index (χ3n) is 5.92. The van der Waals surface area contributed by atoms with Crippen molar-refractivity contribution in [1.82, 2.24) is 10.2 Å². The van der Waals surface area contributed by atoms with Crippen LogP contribution in [0.2, 0.25) is 0 Å². The standard InChI is InChI=1S/C25H25N3O8S/c1-34-13-17-14-37-24-21(26-20(29)11-15-5-9-19(35-2)10-6-15)23(30)27(24)22(17)25(31)36-12-16-3-7-18(8-4-16)28(32)33/h3-10,21,24H,11-14H2,1-2H3,(H,26,29)/t21-,24-/m0/s1. The number of carbonyl (C=O) groups excluding carboxylic acids is 3. The third-order valence-corrected chi connectivity index (χ3v) is 7.26. The zero-order valence-corrected chi connectivity index (χ0v) is 21.0. The Morgan fingerprint density at radius 3 is 2.38 bits per heavy atom. The second-order valence-corrected chi connectivity index (χ2v) is 9.47. The predicted octanol–water partition coefficient (Wildman–Crippen LogP) is 2.19. The van der Waals surface area contributed by atoms with Crippen LogP contribution in [0.3, 0.4) is 0 Å². The van der Waals surface area contributed by atoms with Gasteiger partial charge in [-0.3, -0.25) is 24.6 Å². The summed E-state index contributed by atoms with van der Waals surface area (Å²) in [6, 6.07) is 11.9. The summed E-state index contributed by atoms with van der Waals surface area (Å²) in [6.45, 7) is 0.0163. The predicted molar refractivity (Wildman–Crippen MR) is 134 cm³/mol. The summed E-state index contributed by atoms with van der Waals surface area (Å²) in [5.74, 6) is -0.310. The van der Waals surface area contributed by atoms with Gasteiger partial charge in [0.2, 0.25) is 5.91 Å². The molecule has 2 aliphatic rings. The summed E-state index contributed by atoms with van der Waals surface area (Å²) in [6.07, 6.45) is 0.0973. The molecule has 2 heterocycles. The molecule has 0 bridgehead atoms. The topological polar surface area (TPSA) is 137 Å². The molecule has 0 unspecified atom stereocenters. The monoisotopic (exact) mass is 527 g/mol. The number of ether oxygens (including phenoxy) is 3. The zero-order valence-electron chi connectivity index (χ0n) is 20.2. The van der Waals surface area contributed by atoms with E-state index in [1.807, 2.05) is 0 Å². The highest BCUT2D eigenvalue weighted by Crippen LogP contribution is 2.40. The van der Waals surface area contributed by atoms with Crippen molar-refractivity contribution < 1.29 is 33.5 Å². The molecule has 12 heteroatoms. The van der Waals surface area contributed by atoms with Gasteiger partial charge in [-0.05, 0) is 41.0 Å². The van der Waals surface area contributed by atoms with E-state index in [1.165, 1.54) is 48.0 Å². The Balaban J connectivity index is 1.41. The van der Waals surface area contributed by atoms with Gasteiger partial charge in [0.1, 0.15) is 29.5 Å². The molecule has 1 saturated heterocycles. The van der Waals surface area contributed by atoms with Crippen LogP contribution >= 0.6 is 11.8 Å². The summed E-state index contributed by atoms with van der Waals surface area (Å²) in [7, 11) is 3.05. The Morgan fingerprint density at radius 1 is 1.08 bits per heavy atom. The van der Waals surface area contributed by atoms with Gasteiger partial charge in [0.05, 0.1) is 25.1 Å². The number of thioether (sulfide) groups is 1. The lowest BCUT2D eigenvalue weighted by atomic mass is 10.0. The minimum absolute atomic E-state index is 0.0708. The van der Waals surface area contributed by atoms with E-state index in [1.54, 1.807) is 31.4 Å². The van der Waals surface area contributed by atoms with Crippen molar-refractivity contribution in [3.63, 3.8) is 0 Å². The van der Waals surface area contributed by atoms with E-state index >= 15 is 0 Å². The molecule has 1 N–H and O–H groups in total. The number of benzene rings is 2. The van der Waals surface area contributed by atoms with Crippen molar-refractivity contribution in [3.8, 4) is 5.75 Å². The number of β-lactam (4-membered cyclic amide) rings is 1. The molecule has 194 valence electrons. The fourth-order valence-corrected chi connectivity index (χ4v) is 5.37. The molecule has 4 rings (SSSR count). The molecular formula is C25H25N3O8S. The molecule has 0 aromatic heterocycles. The normalized spacial score (nSPS) is 18.5. The second kappa shape index (κ2) is 11.4. The van der Waals surface area contributed by atoms with Crippen LogP contribution in [0, 0.1) is 10.1 Å². The molecule has 11 nitrogen and oxygen atoms in total. The molecule has 0 aliphatic carbocycles. The number of fused-ring (bicyclic) bond motifs is 1. The zero-order chi connectivity index (χ0) is 26.5. The first kappa shape index (κ1) is 26.2. The lowest BCUT2D eigenvalue weighted by Crippen LogP contribution is -2.70. The van der Waals surface area contributed by atoms with Crippen molar-refractivity contribution in [2.75, 3.05) is 26.6 Å². The fourth-order valence-electron chi connectivity index (χ4n) is 4.04. The van der Waals surface area contributed by atoms with Gasteiger partial charge in [-0.2, -0.15) is 0 Å². The lowest BCUT2D eigenvalue weighted by Gasteiger charge is -2.49. The van der Waals surface area contributed by atoms with Crippen LogP contribution in [0.25, 0.3) is 0 Å². The Morgan fingerprint density at radius 2 is 1.76 bits per heavy atom. The van der Waals surface area contributed by atoms with Gasteiger partial charge < -0.3 is 19.5 Å². The first-order valence-corrected chi connectivity index (χ1v) is 12.4. The highest BCUT2D eigenvalue weighted by molar-refractivity contribution is 8.00. The highest BCUT2D eigenvalue weighted by Gasteiger charge is 2.54. The van der Waals surface area contributed by atoms with E-state index in [4.69, 9.17) is 14.2 Å². The number of hydrogen-bond donors (Lipinski definition) is 1. The number of nitro benzene ring substituents is 1. The summed E-state index contributed by atoms with van der Waals surface area (Å²) in [5.41, 5.74) is 1.98. The first-order valence-electron chi connectivity index (χ1n) is 11.3. The maximum absolute atomic E-state index is 13.0. The van der Waals surface area contributed by atoms with E-state index in [9.17, 15) is 24.5 Å². The highest BCUT2D eigenvalue weighted by atomic mass is 32.2. The summed E-state index contributed by atoms with van der Waals surface area (Å²) in [5, 5.41) is 13.2. The van der Waals surface area contributed by atoms with Crippen molar-refractivity contribution in [1.29, 1.82) is 0 Å². The van der Waals surface area contributed by atoms with E-state index in [0.29, 0.717) is 22.6 Å². The minimum atomic E-state index is -0.766. The minimum Gasteiger partial charge on any atom is -0.497 e. The van der Waals surface area contributed by atoms with E-state index in [2.05, 4.69) is 5.32 Å². The van der Waals surface area contributed by atoms with E-state index in [-0.39, 0.29) is 36.9 Å². The number of nitrogens with one attached hydrogen (secondary N) is 1. The van der Waals surface area contributed by atoms with Crippen molar-refractivity contribution >= 4 is 35.2 Å². The van der Waals surface area contributed by atoms with Crippen LogP contribution in [0.5, 0.6) is 5.75 Å². The molecule has 0 saturated carbocycles. The van der Waals surface area contributed by atoms with Gasteiger partial charge >= 0.3 is 5.97 Å². The number of carbonyl (C=O) groups is 3. The van der Waals surface area contributed by atoms with Gasteiger partial charge in [-0.1, -0.05) is 12.1 Å². The molecule has 0 spiro atoms. The Kier molecular flexibility index (Phi) is 8.09. The summed E-state index contributed by atoms with van der Waals surface area (Å²) < 4.78 is 15.8. The maximum Gasteiger partial charge on any atom is 0.355 e. The Hall–Kier alpha value is -3.90. The van der Waals surface area contributed by atoms with Gasteiger partial charge in [0.25, 0.3) is 11.6 Å². The molecule has 2 aromatic carbocycles. The molecule has 2 aliphatic heterocycles. The van der Waals surface area contributed by atoms with Crippen LogP contribution in [0.15, 0.2) is 59.8 Å². The number of nitro groups is 1. The Bertz CT molecular complexity index is 1230. The maximum atomic E-state index is 13.0. The molecule has 2 aromatic rings. The third kappa shape index (κ3) is 5.75. The van der Waals surface area contributed by atoms with Gasteiger partial charge in [-0.15, -0.1) is 11.8 Å². The number of rotatable bonds is 10. The van der Waals surface area contributed by atoms with Crippen molar-refractivity contribution in [2.24, 2.45) is 0 Å². The van der Waals surface area contributed by atoms with Crippen molar-refractivity contribution in [3.05, 3.63) is 81.0 Å². The molecule has 2 atom stereocenters. The molecule has 2 amide bonds. The molecule has 0 radical (unpaired) electrons. The van der Waals surface area contributed by atoms with Crippen LogP contribution in [0.4, 0.5) is 5.69 Å². The SMILES string of the molecule is COCC1=C(C(=O)OCc2ccc([N+](=O)[O-])cc2)N2C(=O)[C@H](NC(=O)Cc3ccc(OC)cc3)[C@@H]2SC1. The second-order valence-electron chi connectivity index (χ2n) is 8.36. The lowest BCUT2D eigenvalue weighted by molar-refractivity contribution is -0.384.